The molecule has 4 rings (SSSR count). The second kappa shape index (κ2) is 8.18. The van der Waals surface area contributed by atoms with Crippen LogP contribution in [0.4, 0.5) is 10.1 Å². The Hall–Kier alpha value is -2.74. The minimum absolute atomic E-state index is 0.196. The highest BCUT2D eigenvalue weighted by molar-refractivity contribution is 6.36. The van der Waals surface area contributed by atoms with Gasteiger partial charge in [-0.2, -0.15) is 0 Å². The highest BCUT2D eigenvalue weighted by Crippen LogP contribution is 2.42. The fourth-order valence-corrected chi connectivity index (χ4v) is 3.91. The summed E-state index contributed by atoms with van der Waals surface area (Å²) in [4.78, 5) is 14.6. The Kier molecular flexibility index (Phi) is 5.60. The second-order valence-corrected chi connectivity index (χ2v) is 7.99. The highest BCUT2D eigenvalue weighted by atomic mass is 19.1. The third-order valence-corrected chi connectivity index (χ3v) is 5.51. The number of amides is 1. The molecular formula is C23H25FN2O4. The molecule has 0 bridgehead atoms. The molecule has 0 saturated heterocycles. The molecule has 1 amide bonds. The predicted molar refractivity (Wildman–Crippen MR) is 112 cm³/mol. The van der Waals surface area contributed by atoms with Gasteiger partial charge in [0.2, 0.25) is 0 Å². The second-order valence-electron chi connectivity index (χ2n) is 7.99. The van der Waals surface area contributed by atoms with Crippen LogP contribution < -0.4 is 5.32 Å². The van der Waals surface area contributed by atoms with Crippen LogP contribution in [0, 0.1) is 5.82 Å². The number of hydrogen-bond donors (Lipinski definition) is 3. The van der Waals surface area contributed by atoms with Crippen molar-refractivity contribution >= 4 is 22.9 Å². The average molecular weight is 412 g/mol. The summed E-state index contributed by atoms with van der Waals surface area (Å²) in [7, 11) is 0. The van der Waals surface area contributed by atoms with Crippen LogP contribution in [0.25, 0.3) is 11.3 Å². The maximum absolute atomic E-state index is 13.8. The number of carbonyl (C=O) groups is 1. The van der Waals surface area contributed by atoms with Gasteiger partial charge < -0.3 is 20.3 Å². The first-order chi connectivity index (χ1) is 14.4. The first kappa shape index (κ1) is 20.5. The number of nitrogens with zero attached hydrogens (tertiary/aromatic N) is 1. The van der Waals surface area contributed by atoms with Gasteiger partial charge in [0.1, 0.15) is 18.2 Å². The van der Waals surface area contributed by atoms with Gasteiger partial charge in [-0.1, -0.05) is 18.2 Å². The van der Waals surface area contributed by atoms with E-state index in [9.17, 15) is 14.3 Å². The van der Waals surface area contributed by atoms with Crippen LogP contribution in [0.1, 0.15) is 36.1 Å². The molecule has 0 aromatic heterocycles. The van der Waals surface area contributed by atoms with Crippen LogP contribution in [0.15, 0.2) is 36.4 Å². The number of hydrogen-bond acceptors (Lipinski definition) is 5. The molecule has 0 radical (unpaired) electrons. The molecule has 2 aliphatic rings. The Balaban J connectivity index is 1.64. The molecule has 2 aromatic carbocycles. The lowest BCUT2D eigenvalue weighted by molar-refractivity contribution is -0.110. The van der Waals surface area contributed by atoms with Gasteiger partial charge in [0.05, 0.1) is 18.3 Å². The Bertz CT molecular complexity index is 1020. The lowest BCUT2D eigenvalue weighted by Gasteiger charge is -2.28. The zero-order valence-corrected chi connectivity index (χ0v) is 17.0. The van der Waals surface area contributed by atoms with Crippen LogP contribution in [0.5, 0.6) is 0 Å². The van der Waals surface area contributed by atoms with Crippen LogP contribution in [-0.4, -0.2) is 46.3 Å². The first-order valence-electron chi connectivity index (χ1n) is 10.0. The molecule has 2 aliphatic heterocycles. The van der Waals surface area contributed by atoms with E-state index in [1.807, 2.05) is 32.0 Å². The lowest BCUT2D eigenvalue weighted by atomic mass is 9.99. The summed E-state index contributed by atoms with van der Waals surface area (Å²) in [5.41, 5.74) is 4.27. The lowest BCUT2D eigenvalue weighted by Crippen LogP contribution is -2.38. The van der Waals surface area contributed by atoms with Gasteiger partial charge in [-0.3, -0.25) is 9.69 Å². The van der Waals surface area contributed by atoms with Crippen molar-refractivity contribution in [1.82, 2.24) is 4.90 Å². The van der Waals surface area contributed by atoms with Crippen LogP contribution in [-0.2, 0) is 22.7 Å². The van der Waals surface area contributed by atoms with E-state index in [0.29, 0.717) is 42.3 Å². The molecule has 7 heteroatoms. The number of aliphatic hydroxyl groups is 2. The van der Waals surface area contributed by atoms with E-state index in [1.54, 1.807) is 6.07 Å². The SMILES string of the molecule is CC(C)N(Cc1ccc2c(c1)CO/C2=C1/C(=O)Nc2ccc(F)cc21)C[C@H](O)CO. The zero-order valence-electron chi connectivity index (χ0n) is 17.0. The van der Waals surface area contributed by atoms with Gasteiger partial charge in [0, 0.05) is 41.5 Å². The number of aliphatic hydroxyl groups excluding tert-OH is 2. The Labute approximate surface area is 174 Å². The molecule has 3 N–H and O–H groups in total. The highest BCUT2D eigenvalue weighted by Gasteiger charge is 2.33. The van der Waals surface area contributed by atoms with Crippen molar-refractivity contribution in [3.63, 3.8) is 0 Å². The van der Waals surface area contributed by atoms with E-state index in [2.05, 4.69) is 10.2 Å². The minimum atomic E-state index is -0.789. The average Bonchev–Trinajstić information content (AvgIpc) is 3.26. The van der Waals surface area contributed by atoms with E-state index in [0.717, 1.165) is 16.7 Å². The van der Waals surface area contributed by atoms with E-state index >= 15 is 0 Å². The molecule has 0 unspecified atom stereocenters. The van der Waals surface area contributed by atoms with Crippen LogP contribution in [0.2, 0.25) is 0 Å². The quantitative estimate of drug-likeness (QED) is 0.636. The molecule has 158 valence electrons. The van der Waals surface area contributed by atoms with E-state index in [1.165, 1.54) is 12.1 Å². The number of nitrogens with one attached hydrogen (secondary N) is 1. The van der Waals surface area contributed by atoms with Crippen LogP contribution in [0.3, 0.4) is 0 Å². The molecule has 0 aliphatic carbocycles. The molecule has 6 nitrogen and oxygen atoms in total. The van der Waals surface area contributed by atoms with Gasteiger partial charge in [-0.15, -0.1) is 0 Å². The molecule has 0 fully saturated rings. The number of carbonyl (C=O) groups excluding carboxylic acids is 1. The van der Waals surface area contributed by atoms with Gasteiger partial charge >= 0.3 is 0 Å². The molecule has 30 heavy (non-hydrogen) atoms. The first-order valence-corrected chi connectivity index (χ1v) is 10.0. The van der Waals surface area contributed by atoms with Crippen molar-refractivity contribution < 1.29 is 24.1 Å². The molecule has 0 spiro atoms. The topological polar surface area (TPSA) is 82.0 Å². The third-order valence-electron chi connectivity index (χ3n) is 5.51. The normalized spacial score (nSPS) is 18.4. The summed E-state index contributed by atoms with van der Waals surface area (Å²) >= 11 is 0. The number of halogens is 1. The minimum Gasteiger partial charge on any atom is -0.487 e. The molecular weight excluding hydrogens is 387 g/mol. The summed E-state index contributed by atoms with van der Waals surface area (Å²) in [6.45, 7) is 5.13. The van der Waals surface area contributed by atoms with Gasteiger partial charge in [0.15, 0.2) is 0 Å². The number of benzene rings is 2. The van der Waals surface area contributed by atoms with Crippen molar-refractivity contribution in [2.24, 2.45) is 0 Å². The fraction of sp³-hybridized carbons (Fsp3) is 0.348. The molecule has 1 atom stereocenters. The van der Waals surface area contributed by atoms with Crippen LogP contribution >= 0.6 is 0 Å². The predicted octanol–water partition coefficient (Wildman–Crippen LogP) is 2.74. The maximum Gasteiger partial charge on any atom is 0.260 e. The third kappa shape index (κ3) is 3.84. The fourth-order valence-electron chi connectivity index (χ4n) is 3.91. The standard InChI is InChI=1S/C23H25FN2O4/c1-13(2)26(10-17(28)11-27)9-14-3-5-18-15(7-14)12-30-22(18)21-19-8-16(24)4-6-20(19)25-23(21)29/h3-8,13,17,27-28H,9-12H2,1-2H3,(H,25,29)/b22-21+/t17-/m0/s1. The zero-order chi connectivity index (χ0) is 21.4. The number of fused-ring (bicyclic) bond motifs is 2. The number of rotatable bonds is 6. The smallest absolute Gasteiger partial charge is 0.260 e. The van der Waals surface area contributed by atoms with E-state index < -0.39 is 11.9 Å². The summed E-state index contributed by atoms with van der Waals surface area (Å²) in [5, 5.41) is 21.7. The Morgan fingerprint density at radius 1 is 1.20 bits per heavy atom. The molecule has 0 saturated carbocycles. The van der Waals surface area contributed by atoms with Gasteiger partial charge in [0.25, 0.3) is 5.91 Å². The van der Waals surface area contributed by atoms with Crippen molar-refractivity contribution in [3.05, 3.63) is 64.5 Å². The van der Waals surface area contributed by atoms with Crippen molar-refractivity contribution in [2.45, 2.75) is 39.1 Å². The summed E-state index contributed by atoms with van der Waals surface area (Å²) in [6, 6.07) is 10.3. The summed E-state index contributed by atoms with van der Waals surface area (Å²) < 4.78 is 19.6. The molecule has 2 aromatic rings. The Morgan fingerprint density at radius 3 is 2.73 bits per heavy atom. The van der Waals surface area contributed by atoms with Gasteiger partial charge in [-0.25, -0.2) is 4.39 Å². The monoisotopic (exact) mass is 412 g/mol. The Morgan fingerprint density at radius 2 is 2.00 bits per heavy atom. The molecule has 2 heterocycles. The van der Waals surface area contributed by atoms with E-state index in [-0.39, 0.29) is 18.6 Å². The maximum atomic E-state index is 13.8. The van der Waals surface area contributed by atoms with E-state index in [4.69, 9.17) is 9.84 Å². The van der Waals surface area contributed by atoms with Crippen molar-refractivity contribution in [3.8, 4) is 0 Å². The number of ether oxygens (including phenoxy) is 1. The number of anilines is 1. The van der Waals surface area contributed by atoms with Crippen molar-refractivity contribution in [1.29, 1.82) is 0 Å². The van der Waals surface area contributed by atoms with Crippen molar-refractivity contribution in [2.75, 3.05) is 18.5 Å². The largest absolute Gasteiger partial charge is 0.487 e. The van der Waals surface area contributed by atoms with Gasteiger partial charge in [-0.05, 0) is 37.6 Å². The summed E-state index contributed by atoms with van der Waals surface area (Å²) in [5.74, 6) is -0.239. The summed E-state index contributed by atoms with van der Waals surface area (Å²) in [6.07, 6.45) is -0.789.